The lowest BCUT2D eigenvalue weighted by Crippen LogP contribution is -1.99. The molecule has 0 bridgehead atoms. The topological polar surface area (TPSA) is 73.7 Å². The van der Waals surface area contributed by atoms with E-state index in [9.17, 15) is 14.0 Å². The molecule has 0 radical (unpaired) electrons. The van der Waals surface area contributed by atoms with Crippen LogP contribution in [0.5, 0.6) is 0 Å². The molecule has 0 atom stereocenters. The molecule has 0 fully saturated rings. The summed E-state index contributed by atoms with van der Waals surface area (Å²) >= 11 is 0. The van der Waals surface area contributed by atoms with E-state index in [1.807, 2.05) is 6.07 Å². The smallest absolute Gasteiger partial charge is 0.227 e. The van der Waals surface area contributed by atoms with Gasteiger partial charge in [-0.3, -0.25) is 9.59 Å². The Morgan fingerprint density at radius 1 is 1.50 bits per heavy atom. The fourth-order valence-electron chi connectivity index (χ4n) is 1.56. The van der Waals surface area contributed by atoms with E-state index < -0.39 is 11.6 Å². The first-order chi connectivity index (χ1) is 7.69. The van der Waals surface area contributed by atoms with Crippen molar-refractivity contribution in [1.82, 2.24) is 4.98 Å². The monoisotopic (exact) mass is 216 g/mol. The number of halogens is 1. The van der Waals surface area contributed by atoms with Gasteiger partial charge in [0.25, 0.3) is 0 Å². The highest BCUT2D eigenvalue weighted by Gasteiger charge is 2.16. The van der Waals surface area contributed by atoms with Gasteiger partial charge in [-0.05, 0) is 12.1 Å². The molecule has 0 unspecified atom stereocenters. The molecule has 4 nitrogen and oxygen atoms in total. The van der Waals surface area contributed by atoms with Gasteiger partial charge in [0, 0.05) is 11.6 Å². The summed E-state index contributed by atoms with van der Waals surface area (Å²) in [4.78, 5) is 24.2. The lowest BCUT2D eigenvalue weighted by molar-refractivity contribution is -0.104. The molecule has 1 heterocycles. The molecule has 0 saturated heterocycles. The van der Waals surface area contributed by atoms with Gasteiger partial charge in [-0.2, -0.15) is 5.26 Å². The predicted octanol–water partition coefficient (Wildman–Crippen LogP) is 1.56. The zero-order valence-electron chi connectivity index (χ0n) is 7.95. The standard InChI is InChI=1S/C11H5FN2O2/c12-8-2-1-6(3-13)11-10(8)7(4-14-11)9(16)5-15/h1-2,4-5,14H. The molecular formula is C11H5FN2O2. The molecule has 0 aliphatic carbocycles. The van der Waals surface area contributed by atoms with E-state index in [1.165, 1.54) is 12.3 Å². The minimum absolute atomic E-state index is 0.0175. The van der Waals surface area contributed by atoms with Crippen LogP contribution in [0.1, 0.15) is 15.9 Å². The third kappa shape index (κ3) is 1.28. The van der Waals surface area contributed by atoms with Crippen LogP contribution in [0.25, 0.3) is 10.9 Å². The number of hydrogen-bond acceptors (Lipinski definition) is 3. The summed E-state index contributed by atoms with van der Waals surface area (Å²) in [6.07, 6.45) is 1.34. The number of fused-ring (bicyclic) bond motifs is 1. The fourth-order valence-corrected chi connectivity index (χ4v) is 1.56. The van der Waals surface area contributed by atoms with E-state index >= 15 is 0 Å². The highest BCUT2D eigenvalue weighted by molar-refractivity contribution is 6.36. The van der Waals surface area contributed by atoms with E-state index in [-0.39, 0.29) is 28.3 Å². The van der Waals surface area contributed by atoms with E-state index in [2.05, 4.69) is 4.98 Å². The van der Waals surface area contributed by atoms with Gasteiger partial charge in [-0.1, -0.05) is 0 Å². The predicted molar refractivity (Wildman–Crippen MR) is 53.4 cm³/mol. The number of hydrogen-bond donors (Lipinski definition) is 1. The average Bonchev–Trinajstić information content (AvgIpc) is 2.74. The third-order valence-electron chi connectivity index (χ3n) is 2.28. The van der Waals surface area contributed by atoms with Crippen molar-refractivity contribution in [3.8, 4) is 6.07 Å². The second kappa shape index (κ2) is 3.59. The molecule has 1 N–H and O–H groups in total. The molecule has 0 aliphatic rings. The van der Waals surface area contributed by atoms with Gasteiger partial charge >= 0.3 is 0 Å². The third-order valence-corrected chi connectivity index (χ3v) is 2.28. The molecule has 5 heteroatoms. The number of benzene rings is 1. The molecule has 78 valence electrons. The lowest BCUT2D eigenvalue weighted by atomic mass is 10.1. The van der Waals surface area contributed by atoms with Gasteiger partial charge in [-0.25, -0.2) is 4.39 Å². The Morgan fingerprint density at radius 2 is 2.25 bits per heavy atom. The lowest BCUT2D eigenvalue weighted by Gasteiger charge is -1.96. The minimum Gasteiger partial charge on any atom is -0.359 e. The first kappa shape index (κ1) is 10.1. The Kier molecular flexibility index (Phi) is 2.25. The summed E-state index contributed by atoms with van der Waals surface area (Å²) in [5.74, 6) is -1.46. The fraction of sp³-hybridized carbons (Fsp3) is 0. The highest BCUT2D eigenvalue weighted by atomic mass is 19.1. The molecule has 0 saturated carbocycles. The van der Waals surface area contributed by atoms with Gasteiger partial charge in [0.15, 0.2) is 6.29 Å². The van der Waals surface area contributed by atoms with Gasteiger partial charge in [0.1, 0.15) is 11.9 Å². The summed E-state index contributed by atoms with van der Waals surface area (Å²) in [6, 6.07) is 4.27. The molecular weight excluding hydrogens is 211 g/mol. The summed E-state index contributed by atoms with van der Waals surface area (Å²) in [7, 11) is 0. The number of carbonyl (C=O) groups excluding carboxylic acids is 2. The Balaban J connectivity index is 2.87. The number of nitrogens with one attached hydrogen (secondary N) is 1. The summed E-state index contributed by atoms with van der Waals surface area (Å²) < 4.78 is 13.5. The van der Waals surface area contributed by atoms with Gasteiger partial charge in [0.05, 0.1) is 16.6 Å². The van der Waals surface area contributed by atoms with Gasteiger partial charge in [-0.15, -0.1) is 0 Å². The molecule has 16 heavy (non-hydrogen) atoms. The number of nitrogens with zero attached hydrogens (tertiary/aromatic N) is 1. The molecule has 0 aliphatic heterocycles. The van der Waals surface area contributed by atoms with Crippen molar-refractivity contribution < 1.29 is 14.0 Å². The second-order valence-electron chi connectivity index (χ2n) is 3.14. The number of carbonyl (C=O) groups is 2. The van der Waals surface area contributed by atoms with E-state index in [1.54, 1.807) is 0 Å². The van der Waals surface area contributed by atoms with Crippen LogP contribution in [-0.2, 0) is 4.79 Å². The van der Waals surface area contributed by atoms with Crippen LogP contribution in [0, 0.1) is 17.1 Å². The largest absolute Gasteiger partial charge is 0.359 e. The van der Waals surface area contributed by atoms with Crippen LogP contribution in [0.4, 0.5) is 4.39 Å². The number of aromatic amines is 1. The molecule has 1 aromatic carbocycles. The number of aromatic nitrogens is 1. The zero-order chi connectivity index (χ0) is 11.7. The SMILES string of the molecule is N#Cc1ccc(F)c2c(C(=O)C=O)c[nH]c12. The van der Waals surface area contributed by atoms with Crippen molar-refractivity contribution in [3.05, 3.63) is 35.3 Å². The number of H-pyrrole nitrogens is 1. The Bertz CT molecular complexity index is 637. The first-order valence-electron chi connectivity index (χ1n) is 4.38. The van der Waals surface area contributed by atoms with E-state index in [4.69, 9.17) is 5.26 Å². The van der Waals surface area contributed by atoms with Crippen LogP contribution in [0.3, 0.4) is 0 Å². The van der Waals surface area contributed by atoms with Gasteiger partial charge in [0.2, 0.25) is 5.78 Å². The van der Waals surface area contributed by atoms with Crippen LogP contribution in [0.15, 0.2) is 18.3 Å². The summed E-state index contributed by atoms with van der Waals surface area (Å²) in [6.45, 7) is 0. The number of rotatable bonds is 2. The maximum absolute atomic E-state index is 13.5. The Labute approximate surface area is 89.3 Å². The van der Waals surface area contributed by atoms with Gasteiger partial charge < -0.3 is 4.98 Å². The number of nitriles is 1. The molecule has 2 aromatic rings. The van der Waals surface area contributed by atoms with Crippen molar-refractivity contribution >= 4 is 23.0 Å². The average molecular weight is 216 g/mol. The zero-order valence-corrected chi connectivity index (χ0v) is 7.95. The van der Waals surface area contributed by atoms with Crippen molar-refractivity contribution in [2.45, 2.75) is 0 Å². The maximum atomic E-state index is 13.5. The van der Waals surface area contributed by atoms with Crippen molar-refractivity contribution in [2.75, 3.05) is 0 Å². The van der Waals surface area contributed by atoms with Crippen LogP contribution >= 0.6 is 0 Å². The molecule has 2 rings (SSSR count). The van der Waals surface area contributed by atoms with Crippen molar-refractivity contribution in [3.63, 3.8) is 0 Å². The highest BCUT2D eigenvalue weighted by Crippen LogP contribution is 2.24. The number of Topliss-reactive ketones (excluding diaryl/α,β-unsaturated/α-hetero) is 1. The van der Waals surface area contributed by atoms with Crippen LogP contribution in [0.2, 0.25) is 0 Å². The Hall–Kier alpha value is -2.48. The van der Waals surface area contributed by atoms with E-state index in [0.717, 1.165) is 6.07 Å². The van der Waals surface area contributed by atoms with E-state index in [0.29, 0.717) is 0 Å². The van der Waals surface area contributed by atoms with Crippen LogP contribution < -0.4 is 0 Å². The number of aldehydes is 1. The second-order valence-corrected chi connectivity index (χ2v) is 3.14. The maximum Gasteiger partial charge on any atom is 0.227 e. The van der Waals surface area contributed by atoms with Crippen molar-refractivity contribution in [1.29, 1.82) is 5.26 Å². The first-order valence-corrected chi connectivity index (χ1v) is 4.38. The Morgan fingerprint density at radius 3 is 2.88 bits per heavy atom. The van der Waals surface area contributed by atoms with Crippen molar-refractivity contribution in [2.24, 2.45) is 0 Å². The number of ketones is 1. The summed E-state index contributed by atoms with van der Waals surface area (Å²) in [5, 5.41) is 8.77. The molecule has 1 aromatic heterocycles. The minimum atomic E-state index is -0.819. The quantitative estimate of drug-likeness (QED) is 0.470. The summed E-state index contributed by atoms with van der Waals surface area (Å²) in [5.41, 5.74) is 0.397. The molecule has 0 spiro atoms. The normalized spacial score (nSPS) is 10.0. The molecule has 0 amide bonds. The van der Waals surface area contributed by atoms with Crippen LogP contribution in [-0.4, -0.2) is 17.1 Å².